The van der Waals surface area contributed by atoms with Crippen LogP contribution in [0.25, 0.3) is 0 Å². The normalized spacial score (nSPS) is 12.3. The molecule has 1 aliphatic rings. The molecule has 112 valence electrons. The first-order valence-corrected chi connectivity index (χ1v) is 6.81. The van der Waals surface area contributed by atoms with Gasteiger partial charge in [0.1, 0.15) is 13.3 Å². The molecule has 2 aromatic rings. The second-order valence-electron chi connectivity index (χ2n) is 4.77. The molecule has 6 nitrogen and oxygen atoms in total. The maximum Gasteiger partial charge on any atom is 0.178 e. The van der Waals surface area contributed by atoms with Crippen molar-refractivity contribution in [3.63, 3.8) is 0 Å². The third kappa shape index (κ3) is 2.37. The van der Waals surface area contributed by atoms with Crippen molar-refractivity contribution < 1.29 is 9.84 Å². The van der Waals surface area contributed by atoms with E-state index in [1.54, 1.807) is 19.5 Å². The van der Waals surface area contributed by atoms with Crippen LogP contribution in [0.1, 0.15) is 5.56 Å². The molecule has 0 radical (unpaired) electrons. The molecule has 6 heteroatoms. The van der Waals surface area contributed by atoms with Gasteiger partial charge in [-0.3, -0.25) is 4.90 Å². The number of aromatic nitrogens is 2. The molecule has 1 aromatic heterocycles. The summed E-state index contributed by atoms with van der Waals surface area (Å²) in [4.78, 5) is 12.8. The van der Waals surface area contributed by atoms with E-state index in [-0.39, 0.29) is 6.61 Å². The Hall–Kier alpha value is -2.62. The van der Waals surface area contributed by atoms with E-state index in [9.17, 15) is 0 Å². The molecule has 0 saturated heterocycles. The standard InChI is InChI=1S/C16H16N4O2/c1-19-13-6-5-12(4-3-9-21)10-14(13)20(11-22-2)16-15(19)17-7-8-18-16/h5-8,10,21H,9,11H2,1-2H3. The van der Waals surface area contributed by atoms with E-state index in [1.807, 2.05) is 35.0 Å². The highest BCUT2D eigenvalue weighted by atomic mass is 16.5. The van der Waals surface area contributed by atoms with Gasteiger partial charge in [-0.15, -0.1) is 0 Å². The predicted octanol–water partition coefficient (Wildman–Crippen LogP) is 1.64. The summed E-state index contributed by atoms with van der Waals surface area (Å²) in [5.41, 5.74) is 2.77. The molecule has 3 rings (SSSR count). The number of hydrogen-bond acceptors (Lipinski definition) is 6. The van der Waals surface area contributed by atoms with E-state index in [0.717, 1.165) is 28.6 Å². The lowest BCUT2D eigenvalue weighted by atomic mass is 10.1. The summed E-state index contributed by atoms with van der Waals surface area (Å²) in [6.45, 7) is 0.205. The fraction of sp³-hybridized carbons (Fsp3) is 0.250. The van der Waals surface area contributed by atoms with Crippen LogP contribution in [0.15, 0.2) is 30.6 Å². The van der Waals surface area contributed by atoms with Crippen LogP contribution in [0.3, 0.4) is 0 Å². The van der Waals surface area contributed by atoms with Gasteiger partial charge in [-0.2, -0.15) is 0 Å². The van der Waals surface area contributed by atoms with Gasteiger partial charge < -0.3 is 14.7 Å². The number of aliphatic hydroxyl groups excluding tert-OH is 1. The SMILES string of the molecule is COCN1c2cc(C#CCO)ccc2N(C)c2nccnc21. The minimum absolute atomic E-state index is 0.160. The van der Waals surface area contributed by atoms with Gasteiger partial charge >= 0.3 is 0 Å². The van der Waals surface area contributed by atoms with Gasteiger partial charge in [0.05, 0.1) is 11.4 Å². The van der Waals surface area contributed by atoms with Crippen molar-refractivity contribution in [1.29, 1.82) is 0 Å². The molecule has 0 fully saturated rings. The number of benzene rings is 1. The zero-order chi connectivity index (χ0) is 15.5. The van der Waals surface area contributed by atoms with Crippen molar-refractivity contribution in [2.45, 2.75) is 0 Å². The van der Waals surface area contributed by atoms with Gasteiger partial charge in [0, 0.05) is 32.1 Å². The maximum absolute atomic E-state index is 8.84. The molecule has 0 spiro atoms. The average Bonchev–Trinajstić information content (AvgIpc) is 2.56. The van der Waals surface area contributed by atoms with E-state index in [2.05, 4.69) is 21.8 Å². The fourth-order valence-electron chi connectivity index (χ4n) is 2.48. The molecule has 1 N–H and O–H groups in total. The lowest BCUT2D eigenvalue weighted by molar-refractivity contribution is 0.205. The number of methoxy groups -OCH3 is 1. The van der Waals surface area contributed by atoms with Crippen LogP contribution in [0, 0.1) is 11.8 Å². The van der Waals surface area contributed by atoms with E-state index >= 15 is 0 Å². The van der Waals surface area contributed by atoms with Crippen LogP contribution < -0.4 is 9.80 Å². The molecule has 1 aromatic carbocycles. The summed E-state index contributed by atoms with van der Waals surface area (Å²) >= 11 is 0. The minimum Gasteiger partial charge on any atom is -0.384 e. The van der Waals surface area contributed by atoms with Crippen molar-refractivity contribution in [2.24, 2.45) is 0 Å². The number of hydrogen-bond donors (Lipinski definition) is 1. The second kappa shape index (κ2) is 6.02. The van der Waals surface area contributed by atoms with Crippen LogP contribution in [0.5, 0.6) is 0 Å². The van der Waals surface area contributed by atoms with Crippen molar-refractivity contribution >= 4 is 23.0 Å². The average molecular weight is 296 g/mol. The third-order valence-electron chi connectivity index (χ3n) is 3.43. The number of rotatable bonds is 2. The lowest BCUT2D eigenvalue weighted by Gasteiger charge is -2.36. The predicted molar refractivity (Wildman–Crippen MR) is 84.5 cm³/mol. The number of nitrogens with zero attached hydrogens (tertiary/aromatic N) is 4. The van der Waals surface area contributed by atoms with Crippen LogP contribution in [-0.4, -0.2) is 42.6 Å². The van der Waals surface area contributed by atoms with Crippen LogP contribution in [-0.2, 0) is 4.74 Å². The maximum atomic E-state index is 8.84. The molecule has 0 saturated carbocycles. The minimum atomic E-state index is -0.160. The van der Waals surface area contributed by atoms with E-state index in [1.165, 1.54) is 0 Å². The molecule has 0 bridgehead atoms. The molecular formula is C16H16N4O2. The highest BCUT2D eigenvalue weighted by Crippen LogP contribution is 2.44. The van der Waals surface area contributed by atoms with E-state index in [0.29, 0.717) is 6.73 Å². The zero-order valence-corrected chi connectivity index (χ0v) is 12.4. The summed E-state index contributed by atoms with van der Waals surface area (Å²) in [5.74, 6) is 7.11. The van der Waals surface area contributed by atoms with Crippen LogP contribution >= 0.6 is 0 Å². The first kappa shape index (κ1) is 14.3. The van der Waals surface area contributed by atoms with Crippen molar-refractivity contribution in [3.05, 3.63) is 36.2 Å². The number of anilines is 4. The van der Waals surface area contributed by atoms with Gasteiger partial charge in [-0.1, -0.05) is 11.8 Å². The highest BCUT2D eigenvalue weighted by Gasteiger charge is 2.28. The molecular weight excluding hydrogens is 280 g/mol. The number of aliphatic hydroxyl groups is 1. The Morgan fingerprint density at radius 1 is 1.18 bits per heavy atom. The summed E-state index contributed by atoms with van der Waals surface area (Å²) in [6.07, 6.45) is 3.34. The number of fused-ring (bicyclic) bond motifs is 2. The Labute approximate surface area is 129 Å². The van der Waals surface area contributed by atoms with E-state index in [4.69, 9.17) is 9.84 Å². The van der Waals surface area contributed by atoms with Crippen molar-refractivity contribution in [3.8, 4) is 11.8 Å². The Kier molecular flexibility index (Phi) is 3.92. The Morgan fingerprint density at radius 2 is 1.95 bits per heavy atom. The molecule has 0 unspecified atom stereocenters. The Morgan fingerprint density at radius 3 is 2.68 bits per heavy atom. The molecule has 22 heavy (non-hydrogen) atoms. The first-order chi connectivity index (χ1) is 10.8. The second-order valence-corrected chi connectivity index (χ2v) is 4.77. The van der Waals surface area contributed by atoms with Crippen LogP contribution in [0.4, 0.5) is 23.0 Å². The van der Waals surface area contributed by atoms with E-state index < -0.39 is 0 Å². The molecule has 2 heterocycles. The Balaban J connectivity index is 2.14. The monoisotopic (exact) mass is 296 g/mol. The number of ether oxygens (including phenoxy) is 1. The zero-order valence-electron chi connectivity index (χ0n) is 12.4. The lowest BCUT2D eigenvalue weighted by Crippen LogP contribution is -2.30. The van der Waals surface area contributed by atoms with Gasteiger partial charge in [0.25, 0.3) is 0 Å². The van der Waals surface area contributed by atoms with Gasteiger partial charge in [0.15, 0.2) is 11.6 Å². The quantitative estimate of drug-likeness (QED) is 0.850. The van der Waals surface area contributed by atoms with Crippen molar-refractivity contribution in [2.75, 3.05) is 37.3 Å². The molecule has 1 aliphatic heterocycles. The van der Waals surface area contributed by atoms with Crippen molar-refractivity contribution in [1.82, 2.24) is 9.97 Å². The highest BCUT2D eigenvalue weighted by molar-refractivity contribution is 5.89. The summed E-state index contributed by atoms with van der Waals surface area (Å²) < 4.78 is 5.31. The fourth-order valence-corrected chi connectivity index (χ4v) is 2.48. The summed E-state index contributed by atoms with van der Waals surface area (Å²) in [5, 5.41) is 8.84. The summed E-state index contributed by atoms with van der Waals surface area (Å²) in [7, 11) is 3.60. The van der Waals surface area contributed by atoms with Gasteiger partial charge in [-0.25, -0.2) is 9.97 Å². The molecule has 0 amide bonds. The largest absolute Gasteiger partial charge is 0.384 e. The smallest absolute Gasteiger partial charge is 0.178 e. The first-order valence-electron chi connectivity index (χ1n) is 6.81. The summed E-state index contributed by atoms with van der Waals surface area (Å²) in [6, 6.07) is 5.87. The third-order valence-corrected chi connectivity index (χ3v) is 3.43. The molecule has 0 aliphatic carbocycles. The van der Waals surface area contributed by atoms with Gasteiger partial charge in [-0.05, 0) is 18.2 Å². The molecule has 0 atom stereocenters. The van der Waals surface area contributed by atoms with Crippen LogP contribution in [0.2, 0.25) is 0 Å². The van der Waals surface area contributed by atoms with Gasteiger partial charge in [0.2, 0.25) is 0 Å². The topological polar surface area (TPSA) is 61.7 Å². The Bertz CT molecular complexity index is 751.